The van der Waals surface area contributed by atoms with Gasteiger partial charge in [-0.2, -0.15) is 0 Å². The molecule has 1 amide bonds. The summed E-state index contributed by atoms with van der Waals surface area (Å²) >= 11 is 1.24. The number of hydrogen-bond donors (Lipinski definition) is 1. The topological polar surface area (TPSA) is 58.6 Å². The average Bonchev–Trinajstić information content (AvgIpc) is 2.87. The Kier molecular flexibility index (Phi) is 5.50. The molecule has 21 heavy (non-hydrogen) atoms. The molecular weight excluding hydrogens is 288 g/mol. The van der Waals surface area contributed by atoms with Crippen molar-refractivity contribution in [2.24, 2.45) is 0 Å². The SMILES string of the molecule is CC(=O)c1ccc(C(=O)NCCN2C[C@@H](C)O[C@H](C)C2)s1. The predicted molar refractivity (Wildman–Crippen MR) is 83.1 cm³/mol. The van der Waals surface area contributed by atoms with Crippen LogP contribution in [-0.4, -0.2) is 55.0 Å². The summed E-state index contributed by atoms with van der Waals surface area (Å²) in [7, 11) is 0. The van der Waals surface area contributed by atoms with Crippen molar-refractivity contribution in [1.29, 1.82) is 0 Å². The number of carbonyl (C=O) groups is 2. The fourth-order valence-electron chi connectivity index (χ4n) is 2.53. The van der Waals surface area contributed by atoms with Crippen LogP contribution in [0.2, 0.25) is 0 Å². The van der Waals surface area contributed by atoms with Gasteiger partial charge in [0.2, 0.25) is 0 Å². The van der Waals surface area contributed by atoms with Crippen LogP contribution in [0.1, 0.15) is 40.1 Å². The second-order valence-corrected chi connectivity index (χ2v) is 6.58. The van der Waals surface area contributed by atoms with Gasteiger partial charge in [0.15, 0.2) is 5.78 Å². The molecule has 2 atom stereocenters. The molecule has 1 N–H and O–H groups in total. The van der Waals surface area contributed by atoms with E-state index in [1.807, 2.05) is 0 Å². The molecule has 0 bridgehead atoms. The second-order valence-electron chi connectivity index (χ2n) is 5.49. The maximum absolute atomic E-state index is 12.0. The largest absolute Gasteiger partial charge is 0.373 e. The molecule has 0 radical (unpaired) electrons. The first kappa shape index (κ1) is 16.1. The van der Waals surface area contributed by atoms with Crippen LogP contribution in [0.5, 0.6) is 0 Å². The van der Waals surface area contributed by atoms with Crippen LogP contribution >= 0.6 is 11.3 Å². The summed E-state index contributed by atoms with van der Waals surface area (Å²) in [4.78, 5) is 26.7. The summed E-state index contributed by atoms with van der Waals surface area (Å²) < 4.78 is 5.68. The lowest BCUT2D eigenvalue weighted by Gasteiger charge is -2.35. The molecule has 1 aromatic rings. The Labute approximate surface area is 129 Å². The minimum absolute atomic E-state index is 0.00431. The Morgan fingerprint density at radius 1 is 1.29 bits per heavy atom. The third-order valence-electron chi connectivity index (χ3n) is 3.39. The fourth-order valence-corrected chi connectivity index (χ4v) is 3.35. The molecular formula is C15H22N2O3S. The van der Waals surface area contributed by atoms with Gasteiger partial charge in [-0.25, -0.2) is 0 Å². The van der Waals surface area contributed by atoms with Crippen molar-refractivity contribution in [2.45, 2.75) is 33.0 Å². The van der Waals surface area contributed by atoms with E-state index in [4.69, 9.17) is 4.74 Å². The number of thiophene rings is 1. The van der Waals surface area contributed by atoms with Gasteiger partial charge < -0.3 is 10.1 Å². The number of ether oxygens (including phenoxy) is 1. The lowest BCUT2D eigenvalue weighted by atomic mass is 10.2. The van der Waals surface area contributed by atoms with Gasteiger partial charge in [0.25, 0.3) is 5.91 Å². The lowest BCUT2D eigenvalue weighted by molar-refractivity contribution is -0.0672. The van der Waals surface area contributed by atoms with E-state index in [2.05, 4.69) is 24.1 Å². The molecule has 116 valence electrons. The van der Waals surface area contributed by atoms with Crippen molar-refractivity contribution < 1.29 is 14.3 Å². The van der Waals surface area contributed by atoms with E-state index in [0.717, 1.165) is 19.6 Å². The summed E-state index contributed by atoms with van der Waals surface area (Å²) in [5, 5.41) is 2.91. The lowest BCUT2D eigenvalue weighted by Crippen LogP contribution is -2.47. The Morgan fingerprint density at radius 2 is 1.90 bits per heavy atom. The quantitative estimate of drug-likeness (QED) is 0.843. The highest BCUT2D eigenvalue weighted by Gasteiger charge is 2.21. The number of nitrogens with zero attached hydrogens (tertiary/aromatic N) is 1. The normalized spacial score (nSPS) is 23.0. The van der Waals surface area contributed by atoms with Crippen LogP contribution < -0.4 is 5.32 Å². The average molecular weight is 310 g/mol. The van der Waals surface area contributed by atoms with Gasteiger partial charge in [-0.3, -0.25) is 14.5 Å². The van der Waals surface area contributed by atoms with Gasteiger partial charge in [0.1, 0.15) is 0 Å². The molecule has 0 saturated carbocycles. The highest BCUT2D eigenvalue weighted by Crippen LogP contribution is 2.16. The molecule has 1 aromatic heterocycles. The van der Waals surface area contributed by atoms with Gasteiger partial charge in [-0.15, -0.1) is 11.3 Å². The third kappa shape index (κ3) is 4.62. The number of hydrogen-bond acceptors (Lipinski definition) is 5. The Balaban J connectivity index is 1.77. The van der Waals surface area contributed by atoms with E-state index in [9.17, 15) is 9.59 Å². The van der Waals surface area contributed by atoms with Gasteiger partial charge in [-0.1, -0.05) is 0 Å². The van der Waals surface area contributed by atoms with Crippen LogP contribution in [0.25, 0.3) is 0 Å². The summed E-state index contributed by atoms with van der Waals surface area (Å²) in [6.07, 6.45) is 0.472. The molecule has 5 nitrogen and oxygen atoms in total. The van der Waals surface area contributed by atoms with Crippen molar-refractivity contribution in [1.82, 2.24) is 10.2 Å². The van der Waals surface area contributed by atoms with Gasteiger partial charge in [0.05, 0.1) is 22.0 Å². The molecule has 1 aliphatic rings. The molecule has 2 rings (SSSR count). The number of morpholine rings is 1. The first-order valence-corrected chi connectivity index (χ1v) is 8.04. The Morgan fingerprint density at radius 3 is 2.48 bits per heavy atom. The molecule has 1 aliphatic heterocycles. The minimum Gasteiger partial charge on any atom is -0.373 e. The van der Waals surface area contributed by atoms with E-state index in [1.54, 1.807) is 12.1 Å². The van der Waals surface area contributed by atoms with E-state index >= 15 is 0 Å². The summed E-state index contributed by atoms with van der Waals surface area (Å²) in [6.45, 7) is 8.85. The third-order valence-corrected chi connectivity index (χ3v) is 4.57. The maximum Gasteiger partial charge on any atom is 0.261 e. The first-order chi connectivity index (χ1) is 9.95. The molecule has 0 unspecified atom stereocenters. The first-order valence-electron chi connectivity index (χ1n) is 7.22. The number of nitrogens with one attached hydrogen (secondary N) is 1. The van der Waals surface area contributed by atoms with Crippen molar-refractivity contribution in [3.8, 4) is 0 Å². The van der Waals surface area contributed by atoms with Gasteiger partial charge >= 0.3 is 0 Å². The fraction of sp³-hybridized carbons (Fsp3) is 0.600. The second kappa shape index (κ2) is 7.15. The van der Waals surface area contributed by atoms with Crippen molar-refractivity contribution >= 4 is 23.0 Å². The molecule has 0 aliphatic carbocycles. The van der Waals surface area contributed by atoms with Crippen molar-refractivity contribution in [3.63, 3.8) is 0 Å². The smallest absolute Gasteiger partial charge is 0.261 e. The van der Waals surface area contributed by atoms with Gasteiger partial charge in [-0.05, 0) is 32.9 Å². The molecule has 1 fully saturated rings. The zero-order chi connectivity index (χ0) is 15.4. The number of amides is 1. The van der Waals surface area contributed by atoms with E-state index in [0.29, 0.717) is 16.3 Å². The predicted octanol–water partition coefficient (Wildman–Crippen LogP) is 1.79. The number of ketones is 1. The van der Waals surface area contributed by atoms with Gasteiger partial charge in [0, 0.05) is 26.2 Å². The Bertz CT molecular complexity index is 505. The van der Waals surface area contributed by atoms with Crippen molar-refractivity contribution in [3.05, 3.63) is 21.9 Å². The summed E-state index contributed by atoms with van der Waals surface area (Å²) in [5.74, 6) is -0.114. The summed E-state index contributed by atoms with van der Waals surface area (Å²) in [5.41, 5.74) is 0. The van der Waals surface area contributed by atoms with Crippen molar-refractivity contribution in [2.75, 3.05) is 26.2 Å². The minimum atomic E-state index is -0.109. The standard InChI is InChI=1S/C15H22N2O3S/c1-10-8-17(9-11(2)20-10)7-6-16-15(19)14-5-4-13(21-14)12(3)18/h4-5,10-11H,6-9H2,1-3H3,(H,16,19)/t10-,11-/m1/s1. The molecule has 2 heterocycles. The molecule has 0 spiro atoms. The highest BCUT2D eigenvalue weighted by atomic mass is 32.1. The zero-order valence-corrected chi connectivity index (χ0v) is 13.5. The maximum atomic E-state index is 12.0. The van der Waals surface area contributed by atoms with Crippen LogP contribution in [0.15, 0.2) is 12.1 Å². The number of carbonyl (C=O) groups excluding carboxylic acids is 2. The number of Topliss-reactive ketones (excluding diaryl/α,β-unsaturated/α-hetero) is 1. The Hall–Kier alpha value is -1.24. The zero-order valence-electron chi connectivity index (χ0n) is 12.7. The van der Waals surface area contributed by atoms with Crippen LogP contribution in [-0.2, 0) is 4.74 Å². The number of rotatable bonds is 5. The van der Waals surface area contributed by atoms with E-state index < -0.39 is 0 Å². The molecule has 1 saturated heterocycles. The van der Waals surface area contributed by atoms with Crippen LogP contribution in [0.4, 0.5) is 0 Å². The molecule has 0 aromatic carbocycles. The van der Waals surface area contributed by atoms with Crippen LogP contribution in [0.3, 0.4) is 0 Å². The molecule has 6 heteroatoms. The highest BCUT2D eigenvalue weighted by molar-refractivity contribution is 7.15. The van der Waals surface area contributed by atoms with Crippen LogP contribution in [0, 0.1) is 0 Å². The van der Waals surface area contributed by atoms with E-state index in [-0.39, 0.29) is 23.9 Å². The summed E-state index contributed by atoms with van der Waals surface area (Å²) in [6, 6.07) is 3.41. The monoisotopic (exact) mass is 310 g/mol. The van der Waals surface area contributed by atoms with E-state index in [1.165, 1.54) is 18.3 Å².